The number of aromatic hydroxyl groups is 1. The van der Waals surface area contributed by atoms with E-state index in [0.717, 1.165) is 0 Å². The van der Waals surface area contributed by atoms with Crippen LogP contribution >= 0.6 is 0 Å². The van der Waals surface area contributed by atoms with Gasteiger partial charge in [-0.3, -0.25) is 4.79 Å². The molecular formula is C12H16N2O3. The number of phenolic OH excluding ortho intramolecular Hbond substituents is 1. The number of amides is 1. The zero-order chi connectivity index (χ0) is 12.5. The number of para-hydroxylation sites is 2. The second-order valence-corrected chi connectivity index (χ2v) is 4.41. The summed E-state index contributed by atoms with van der Waals surface area (Å²) < 4.78 is 5.42. The highest BCUT2D eigenvalue weighted by atomic mass is 16.5. The van der Waals surface area contributed by atoms with Gasteiger partial charge in [-0.1, -0.05) is 12.1 Å². The average molecular weight is 236 g/mol. The van der Waals surface area contributed by atoms with Crippen LogP contribution in [0, 0.1) is 0 Å². The van der Waals surface area contributed by atoms with Crippen molar-refractivity contribution in [1.29, 1.82) is 0 Å². The molecule has 0 spiro atoms. The van der Waals surface area contributed by atoms with Crippen molar-refractivity contribution in [2.75, 3.05) is 24.6 Å². The standard InChI is InChI=1S/C12H16N2O3/c1-12(7-13)8-14(11(16)6-17-12)9-4-2-3-5-10(9)15/h2-5,15H,6-8,13H2,1H3. The van der Waals surface area contributed by atoms with Gasteiger partial charge in [0, 0.05) is 6.54 Å². The molecule has 1 aliphatic heterocycles. The minimum absolute atomic E-state index is 0.0119. The molecule has 0 aliphatic carbocycles. The summed E-state index contributed by atoms with van der Waals surface area (Å²) in [7, 11) is 0. The first-order valence-electron chi connectivity index (χ1n) is 5.48. The van der Waals surface area contributed by atoms with E-state index in [1.54, 1.807) is 24.3 Å². The van der Waals surface area contributed by atoms with Gasteiger partial charge >= 0.3 is 0 Å². The Labute approximate surface area is 99.8 Å². The average Bonchev–Trinajstić information content (AvgIpc) is 2.34. The van der Waals surface area contributed by atoms with E-state index in [4.69, 9.17) is 10.5 Å². The van der Waals surface area contributed by atoms with Crippen LogP contribution in [-0.2, 0) is 9.53 Å². The van der Waals surface area contributed by atoms with Crippen molar-refractivity contribution in [1.82, 2.24) is 0 Å². The number of benzene rings is 1. The Kier molecular flexibility index (Phi) is 3.04. The summed E-state index contributed by atoms with van der Waals surface area (Å²) in [5, 5.41) is 9.76. The van der Waals surface area contributed by atoms with Gasteiger partial charge in [0.25, 0.3) is 5.91 Å². The van der Waals surface area contributed by atoms with Crippen LogP contribution in [0.25, 0.3) is 0 Å². The Morgan fingerprint density at radius 3 is 2.88 bits per heavy atom. The molecule has 3 N–H and O–H groups in total. The van der Waals surface area contributed by atoms with Gasteiger partial charge in [-0.2, -0.15) is 0 Å². The summed E-state index contributed by atoms with van der Waals surface area (Å²) in [6.45, 7) is 2.51. The molecule has 1 unspecified atom stereocenters. The fourth-order valence-corrected chi connectivity index (χ4v) is 1.82. The molecule has 5 nitrogen and oxygen atoms in total. The number of carbonyl (C=O) groups is 1. The van der Waals surface area contributed by atoms with Crippen LogP contribution in [0.1, 0.15) is 6.92 Å². The van der Waals surface area contributed by atoms with Gasteiger partial charge in [-0.05, 0) is 19.1 Å². The van der Waals surface area contributed by atoms with Gasteiger partial charge in [-0.15, -0.1) is 0 Å². The molecule has 1 aromatic carbocycles. The maximum absolute atomic E-state index is 11.8. The summed E-state index contributed by atoms with van der Waals surface area (Å²) in [6.07, 6.45) is 0. The van der Waals surface area contributed by atoms with E-state index >= 15 is 0 Å². The molecule has 1 fully saturated rings. The first kappa shape index (κ1) is 11.9. The Hall–Kier alpha value is -1.59. The third kappa shape index (κ3) is 2.25. The summed E-state index contributed by atoms with van der Waals surface area (Å²) >= 11 is 0. The molecule has 0 saturated carbocycles. The number of rotatable bonds is 2. The van der Waals surface area contributed by atoms with Crippen molar-refractivity contribution in [3.8, 4) is 5.75 Å². The first-order valence-corrected chi connectivity index (χ1v) is 5.48. The number of ether oxygens (including phenoxy) is 1. The number of nitrogens with zero attached hydrogens (tertiary/aromatic N) is 1. The van der Waals surface area contributed by atoms with Crippen molar-refractivity contribution in [3.05, 3.63) is 24.3 Å². The summed E-state index contributed by atoms with van der Waals surface area (Å²) in [4.78, 5) is 13.3. The first-order chi connectivity index (χ1) is 8.06. The predicted molar refractivity (Wildman–Crippen MR) is 63.9 cm³/mol. The molecule has 0 radical (unpaired) electrons. The number of morpholine rings is 1. The molecule has 1 amide bonds. The van der Waals surface area contributed by atoms with Crippen LogP contribution in [0.4, 0.5) is 5.69 Å². The molecule has 1 saturated heterocycles. The van der Waals surface area contributed by atoms with E-state index in [1.165, 1.54) is 4.90 Å². The van der Waals surface area contributed by atoms with Gasteiger partial charge in [0.05, 0.1) is 17.8 Å². The van der Waals surface area contributed by atoms with Crippen LogP contribution < -0.4 is 10.6 Å². The second-order valence-electron chi connectivity index (χ2n) is 4.41. The van der Waals surface area contributed by atoms with Crippen molar-refractivity contribution >= 4 is 11.6 Å². The molecule has 0 bridgehead atoms. The van der Waals surface area contributed by atoms with Gasteiger partial charge in [0.15, 0.2) is 0 Å². The van der Waals surface area contributed by atoms with Crippen molar-refractivity contribution in [3.63, 3.8) is 0 Å². The van der Waals surface area contributed by atoms with E-state index in [-0.39, 0.29) is 18.3 Å². The smallest absolute Gasteiger partial charge is 0.253 e. The largest absolute Gasteiger partial charge is 0.506 e. The Balaban J connectivity index is 2.30. The van der Waals surface area contributed by atoms with Gasteiger partial charge in [0.1, 0.15) is 12.4 Å². The second kappa shape index (κ2) is 4.35. The van der Waals surface area contributed by atoms with Crippen LogP contribution in [0.3, 0.4) is 0 Å². The highest BCUT2D eigenvalue weighted by Crippen LogP contribution is 2.30. The number of hydrogen-bond acceptors (Lipinski definition) is 4. The lowest BCUT2D eigenvalue weighted by Crippen LogP contribution is -2.56. The zero-order valence-electron chi connectivity index (χ0n) is 9.72. The minimum atomic E-state index is -0.559. The molecule has 1 atom stereocenters. The Bertz CT molecular complexity index is 436. The summed E-state index contributed by atoms with van der Waals surface area (Å²) in [5.41, 5.74) is 5.58. The molecule has 1 aliphatic rings. The molecule has 0 aromatic heterocycles. The van der Waals surface area contributed by atoms with Crippen molar-refractivity contribution in [2.24, 2.45) is 5.73 Å². The lowest BCUT2D eigenvalue weighted by atomic mass is 10.0. The Morgan fingerprint density at radius 1 is 1.53 bits per heavy atom. The summed E-state index contributed by atoms with van der Waals surface area (Å²) in [5.74, 6) is -0.0838. The number of anilines is 1. The third-order valence-corrected chi connectivity index (χ3v) is 2.94. The molecule has 1 heterocycles. The van der Waals surface area contributed by atoms with Crippen LogP contribution in [0.2, 0.25) is 0 Å². The highest BCUT2D eigenvalue weighted by Gasteiger charge is 2.36. The fourth-order valence-electron chi connectivity index (χ4n) is 1.82. The highest BCUT2D eigenvalue weighted by molar-refractivity contribution is 5.96. The van der Waals surface area contributed by atoms with E-state index in [0.29, 0.717) is 18.8 Å². The predicted octanol–water partition coefficient (Wildman–Crippen LogP) is 0.473. The molecule has 5 heteroatoms. The quantitative estimate of drug-likeness (QED) is 0.782. The Morgan fingerprint density at radius 2 is 2.24 bits per heavy atom. The monoisotopic (exact) mass is 236 g/mol. The molecule has 2 rings (SSSR count). The fraction of sp³-hybridized carbons (Fsp3) is 0.417. The van der Waals surface area contributed by atoms with Crippen LogP contribution in [0.5, 0.6) is 5.75 Å². The number of carbonyl (C=O) groups excluding carboxylic acids is 1. The zero-order valence-corrected chi connectivity index (χ0v) is 9.72. The number of nitrogens with two attached hydrogens (primary N) is 1. The van der Waals surface area contributed by atoms with E-state index in [1.807, 2.05) is 6.92 Å². The van der Waals surface area contributed by atoms with Gasteiger partial charge in [0.2, 0.25) is 0 Å². The van der Waals surface area contributed by atoms with Gasteiger partial charge < -0.3 is 20.5 Å². The van der Waals surface area contributed by atoms with E-state index in [9.17, 15) is 9.90 Å². The number of hydrogen-bond donors (Lipinski definition) is 2. The minimum Gasteiger partial charge on any atom is -0.506 e. The van der Waals surface area contributed by atoms with Crippen molar-refractivity contribution < 1.29 is 14.6 Å². The van der Waals surface area contributed by atoms with Crippen molar-refractivity contribution in [2.45, 2.75) is 12.5 Å². The topological polar surface area (TPSA) is 75.8 Å². The summed E-state index contributed by atoms with van der Waals surface area (Å²) in [6, 6.07) is 6.75. The number of phenols is 1. The maximum Gasteiger partial charge on any atom is 0.253 e. The lowest BCUT2D eigenvalue weighted by molar-refractivity contribution is -0.135. The maximum atomic E-state index is 11.8. The normalized spacial score (nSPS) is 25.1. The van der Waals surface area contributed by atoms with Crippen LogP contribution in [-0.4, -0.2) is 36.3 Å². The SMILES string of the molecule is CC1(CN)CN(c2ccccc2O)C(=O)CO1. The third-order valence-electron chi connectivity index (χ3n) is 2.94. The molecule has 17 heavy (non-hydrogen) atoms. The van der Waals surface area contributed by atoms with Crippen LogP contribution in [0.15, 0.2) is 24.3 Å². The van der Waals surface area contributed by atoms with E-state index in [2.05, 4.69) is 0 Å². The lowest BCUT2D eigenvalue weighted by Gasteiger charge is -2.39. The van der Waals surface area contributed by atoms with Gasteiger partial charge in [-0.25, -0.2) is 0 Å². The molecular weight excluding hydrogens is 220 g/mol. The van der Waals surface area contributed by atoms with E-state index < -0.39 is 5.60 Å². The molecule has 1 aromatic rings. The molecule has 92 valence electrons.